The van der Waals surface area contributed by atoms with Crippen LogP contribution in [0.4, 0.5) is 0 Å². The fraction of sp³-hybridized carbons (Fsp3) is 0.867. The standard InChI is InChI=1S/C30H46O4/c1-17(2)18(3)14-21-8-9-24(19(21)4)28(6)12-11-25-23(27(28)32)15-26-30(34-26)16-22(33-20(5)31)10-13-29(25,30)7/h17-19,21-22,24,26H,8-16H2,1-7H3/t18-,19+,21+,22-,24+,26-,28+,29+,30-/m0/s1. The van der Waals surface area contributed by atoms with Crippen LogP contribution in [0.1, 0.15) is 106 Å². The van der Waals surface area contributed by atoms with E-state index in [1.807, 2.05) is 0 Å². The van der Waals surface area contributed by atoms with E-state index in [1.165, 1.54) is 31.8 Å². The topological polar surface area (TPSA) is 55.9 Å². The molecule has 1 aliphatic heterocycles. The van der Waals surface area contributed by atoms with Crippen LogP contribution in [0.2, 0.25) is 0 Å². The van der Waals surface area contributed by atoms with E-state index >= 15 is 0 Å². The van der Waals surface area contributed by atoms with Crippen molar-refractivity contribution < 1.29 is 19.1 Å². The van der Waals surface area contributed by atoms with Crippen LogP contribution in [0.25, 0.3) is 0 Å². The van der Waals surface area contributed by atoms with Crippen LogP contribution in [-0.4, -0.2) is 29.6 Å². The molecule has 4 aliphatic carbocycles. The molecule has 0 bridgehead atoms. The van der Waals surface area contributed by atoms with Crippen LogP contribution >= 0.6 is 0 Å². The average Bonchev–Trinajstić information content (AvgIpc) is 3.35. The molecule has 0 aromatic heterocycles. The molecule has 2 saturated carbocycles. The number of hydrogen-bond acceptors (Lipinski definition) is 4. The second kappa shape index (κ2) is 8.18. The molecule has 5 aliphatic rings. The molecule has 3 fully saturated rings. The van der Waals surface area contributed by atoms with Crippen molar-refractivity contribution in [3.05, 3.63) is 11.1 Å². The van der Waals surface area contributed by atoms with Gasteiger partial charge < -0.3 is 9.47 Å². The van der Waals surface area contributed by atoms with Gasteiger partial charge in [0, 0.05) is 30.6 Å². The molecule has 5 rings (SSSR count). The van der Waals surface area contributed by atoms with E-state index in [0.717, 1.165) is 61.9 Å². The summed E-state index contributed by atoms with van der Waals surface area (Å²) in [7, 11) is 0. The molecule has 9 atom stereocenters. The first-order chi connectivity index (χ1) is 15.9. The Bertz CT molecular complexity index is 903. The van der Waals surface area contributed by atoms with Crippen molar-refractivity contribution in [2.24, 2.45) is 40.4 Å². The van der Waals surface area contributed by atoms with E-state index < -0.39 is 0 Å². The molecule has 4 heteroatoms. The minimum Gasteiger partial charge on any atom is -0.462 e. The first-order valence-corrected chi connectivity index (χ1v) is 14.1. The number of esters is 1. The summed E-state index contributed by atoms with van der Waals surface area (Å²) in [5.41, 5.74) is 1.97. The minimum absolute atomic E-state index is 0.0493. The summed E-state index contributed by atoms with van der Waals surface area (Å²) < 4.78 is 12.0. The van der Waals surface area contributed by atoms with Crippen LogP contribution in [-0.2, 0) is 19.1 Å². The van der Waals surface area contributed by atoms with Crippen molar-refractivity contribution in [1.82, 2.24) is 0 Å². The normalized spacial score (nSPS) is 46.6. The predicted molar refractivity (Wildman–Crippen MR) is 133 cm³/mol. The number of carbonyl (C=O) groups is 2. The van der Waals surface area contributed by atoms with Crippen molar-refractivity contribution in [1.29, 1.82) is 0 Å². The third-order valence-corrected chi connectivity index (χ3v) is 11.5. The Morgan fingerprint density at radius 2 is 1.88 bits per heavy atom. The molecule has 0 unspecified atom stereocenters. The van der Waals surface area contributed by atoms with Crippen LogP contribution in [0.3, 0.4) is 0 Å². The average molecular weight is 471 g/mol. The van der Waals surface area contributed by atoms with Crippen molar-refractivity contribution in [2.45, 2.75) is 124 Å². The second-order valence-electron chi connectivity index (χ2n) is 13.5. The highest BCUT2D eigenvalue weighted by Gasteiger charge is 2.73. The third-order valence-electron chi connectivity index (χ3n) is 11.5. The van der Waals surface area contributed by atoms with Gasteiger partial charge in [0.2, 0.25) is 0 Å². The van der Waals surface area contributed by atoms with Crippen molar-refractivity contribution in [3.63, 3.8) is 0 Å². The lowest BCUT2D eigenvalue weighted by Gasteiger charge is -2.51. The first kappa shape index (κ1) is 24.5. The van der Waals surface area contributed by atoms with E-state index in [0.29, 0.717) is 17.6 Å². The smallest absolute Gasteiger partial charge is 0.302 e. The zero-order valence-corrected chi connectivity index (χ0v) is 22.5. The van der Waals surface area contributed by atoms with Gasteiger partial charge in [-0.3, -0.25) is 9.59 Å². The maximum Gasteiger partial charge on any atom is 0.302 e. The number of epoxide rings is 1. The first-order valence-electron chi connectivity index (χ1n) is 14.1. The Balaban J connectivity index is 1.37. The predicted octanol–water partition coefficient (Wildman–Crippen LogP) is 6.66. The lowest BCUT2D eigenvalue weighted by molar-refractivity contribution is -0.150. The maximum atomic E-state index is 14.3. The van der Waals surface area contributed by atoms with Gasteiger partial charge in [0.05, 0.1) is 6.10 Å². The Labute approximate surface area is 206 Å². The zero-order chi connectivity index (χ0) is 24.6. The van der Waals surface area contributed by atoms with Gasteiger partial charge in [0.15, 0.2) is 5.78 Å². The van der Waals surface area contributed by atoms with E-state index in [9.17, 15) is 9.59 Å². The number of hydrogen-bond donors (Lipinski definition) is 0. The Hall–Kier alpha value is -1.16. The number of carbonyl (C=O) groups excluding carboxylic acids is 2. The molecule has 1 heterocycles. The molecule has 0 aromatic rings. The molecule has 1 spiro atoms. The molecular formula is C30H46O4. The van der Waals surface area contributed by atoms with E-state index in [4.69, 9.17) is 9.47 Å². The molecule has 4 nitrogen and oxygen atoms in total. The SMILES string of the molecule is CC(=O)O[C@H]1CC[C@]2(C)C3=C(C[C@@H]4O[C@@]42C1)C(=O)[C@@](C)([C@@H]1CC[C@H](C[C@H](C)C(C)C)[C@H]1C)CC3. The van der Waals surface area contributed by atoms with E-state index in [2.05, 4.69) is 41.5 Å². The highest BCUT2D eigenvalue weighted by Crippen LogP contribution is 2.69. The van der Waals surface area contributed by atoms with Gasteiger partial charge in [-0.1, -0.05) is 47.1 Å². The van der Waals surface area contributed by atoms with Crippen LogP contribution < -0.4 is 0 Å². The highest BCUT2D eigenvalue weighted by atomic mass is 16.6. The van der Waals surface area contributed by atoms with Crippen molar-refractivity contribution >= 4 is 11.8 Å². The van der Waals surface area contributed by atoms with E-state index in [-0.39, 0.29) is 34.6 Å². The Morgan fingerprint density at radius 1 is 1.15 bits per heavy atom. The number of Topliss-reactive ketones (excluding diaryl/α,β-unsaturated/α-hetero) is 1. The number of fused-ring (bicyclic) bond motifs is 1. The molecular weight excluding hydrogens is 424 g/mol. The fourth-order valence-corrected chi connectivity index (χ4v) is 8.88. The molecule has 34 heavy (non-hydrogen) atoms. The summed E-state index contributed by atoms with van der Waals surface area (Å²) in [6, 6.07) is 0. The zero-order valence-electron chi connectivity index (χ0n) is 22.5. The van der Waals surface area contributed by atoms with Crippen LogP contribution in [0.5, 0.6) is 0 Å². The van der Waals surface area contributed by atoms with Crippen molar-refractivity contribution in [3.8, 4) is 0 Å². The monoisotopic (exact) mass is 470 g/mol. The van der Waals surface area contributed by atoms with Gasteiger partial charge in [-0.25, -0.2) is 0 Å². The quantitative estimate of drug-likeness (QED) is 0.333. The minimum atomic E-state index is -0.228. The molecule has 0 aromatic carbocycles. The lowest BCUT2D eigenvalue weighted by Crippen LogP contribution is -2.53. The van der Waals surface area contributed by atoms with E-state index in [1.54, 1.807) is 0 Å². The molecule has 0 N–H and O–H groups in total. The molecule has 0 amide bonds. The molecule has 0 radical (unpaired) electrons. The molecule has 190 valence electrons. The van der Waals surface area contributed by atoms with Gasteiger partial charge in [-0.2, -0.15) is 0 Å². The van der Waals surface area contributed by atoms with Gasteiger partial charge in [-0.15, -0.1) is 0 Å². The fourth-order valence-electron chi connectivity index (χ4n) is 8.88. The Kier molecular flexibility index (Phi) is 5.90. The van der Waals surface area contributed by atoms with Crippen LogP contribution in [0.15, 0.2) is 11.1 Å². The van der Waals surface area contributed by atoms with Crippen LogP contribution in [0, 0.1) is 40.4 Å². The second-order valence-corrected chi connectivity index (χ2v) is 13.5. The summed E-state index contributed by atoms with van der Waals surface area (Å²) in [5, 5.41) is 0. The van der Waals surface area contributed by atoms with Gasteiger partial charge in [-0.05, 0) is 80.1 Å². The number of rotatable bonds is 5. The van der Waals surface area contributed by atoms with Gasteiger partial charge >= 0.3 is 5.97 Å². The Morgan fingerprint density at radius 3 is 2.56 bits per heavy atom. The summed E-state index contributed by atoms with van der Waals surface area (Å²) >= 11 is 0. The van der Waals surface area contributed by atoms with Crippen molar-refractivity contribution in [2.75, 3.05) is 0 Å². The summed E-state index contributed by atoms with van der Waals surface area (Å²) in [6.07, 6.45) is 9.21. The largest absolute Gasteiger partial charge is 0.462 e. The summed E-state index contributed by atoms with van der Waals surface area (Å²) in [4.78, 5) is 25.8. The maximum absolute atomic E-state index is 14.3. The molecule has 1 saturated heterocycles. The summed E-state index contributed by atoms with van der Waals surface area (Å²) in [6.45, 7) is 15.6. The third kappa shape index (κ3) is 3.48. The number of ketones is 1. The van der Waals surface area contributed by atoms with Gasteiger partial charge in [0.1, 0.15) is 11.7 Å². The summed E-state index contributed by atoms with van der Waals surface area (Å²) in [5.74, 6) is 3.58. The highest BCUT2D eigenvalue weighted by molar-refractivity contribution is 6.02. The van der Waals surface area contributed by atoms with Gasteiger partial charge in [0.25, 0.3) is 0 Å². The lowest BCUT2D eigenvalue weighted by atomic mass is 9.51. The number of ether oxygens (including phenoxy) is 2.